The number of nitriles is 1. The second-order valence-electron chi connectivity index (χ2n) is 6.87. The zero-order chi connectivity index (χ0) is 19.9. The van der Waals surface area contributed by atoms with Gasteiger partial charge in [-0.1, -0.05) is 6.07 Å². The van der Waals surface area contributed by atoms with E-state index in [9.17, 15) is 13.2 Å². The van der Waals surface area contributed by atoms with E-state index in [0.717, 1.165) is 25.5 Å². The summed E-state index contributed by atoms with van der Waals surface area (Å²) in [5, 5.41) is 12.6. The van der Waals surface area contributed by atoms with Crippen LogP contribution in [0.4, 0.5) is 19.1 Å². The maximum atomic E-state index is 13.6. The van der Waals surface area contributed by atoms with Crippen LogP contribution in [-0.4, -0.2) is 27.0 Å². The number of benzene rings is 1. The molecule has 0 saturated heterocycles. The van der Waals surface area contributed by atoms with Crippen molar-refractivity contribution in [2.24, 2.45) is 5.73 Å². The standard InChI is InChI=1S/C19H17F3N6/c20-19(21,22)13-9-26-18(27-15-3-1-2-14(15)24)28-17(13)12-8-25-16-6-10(7-23)4-5-11(12)16/h4-6,8-9,14-15,25H,1-3,24H2,(H,26,27,28)/t14-,15-/m0/s1. The van der Waals surface area contributed by atoms with Gasteiger partial charge in [0.05, 0.1) is 17.3 Å². The van der Waals surface area contributed by atoms with Gasteiger partial charge in [-0.3, -0.25) is 0 Å². The van der Waals surface area contributed by atoms with E-state index in [0.29, 0.717) is 22.0 Å². The summed E-state index contributed by atoms with van der Waals surface area (Å²) < 4.78 is 40.8. The van der Waals surface area contributed by atoms with E-state index >= 15 is 0 Å². The zero-order valence-corrected chi connectivity index (χ0v) is 14.7. The Labute approximate surface area is 158 Å². The summed E-state index contributed by atoms with van der Waals surface area (Å²) >= 11 is 0. The number of nitrogens with one attached hydrogen (secondary N) is 2. The van der Waals surface area contributed by atoms with E-state index in [4.69, 9.17) is 11.0 Å². The van der Waals surface area contributed by atoms with Crippen molar-refractivity contribution >= 4 is 16.9 Å². The molecule has 144 valence electrons. The molecule has 2 aromatic heterocycles. The van der Waals surface area contributed by atoms with Crippen LogP contribution in [0.25, 0.3) is 22.2 Å². The Balaban J connectivity index is 1.82. The number of hydrogen-bond acceptors (Lipinski definition) is 5. The van der Waals surface area contributed by atoms with Crippen molar-refractivity contribution in [1.29, 1.82) is 5.26 Å². The summed E-state index contributed by atoms with van der Waals surface area (Å²) in [7, 11) is 0. The van der Waals surface area contributed by atoms with Gasteiger partial charge in [0.25, 0.3) is 0 Å². The quantitative estimate of drug-likeness (QED) is 0.635. The molecule has 9 heteroatoms. The highest BCUT2D eigenvalue weighted by molar-refractivity contribution is 5.96. The average molecular weight is 386 g/mol. The largest absolute Gasteiger partial charge is 0.419 e. The molecule has 4 rings (SSSR count). The third kappa shape index (κ3) is 3.27. The maximum Gasteiger partial charge on any atom is 0.419 e. The number of anilines is 1. The fraction of sp³-hybridized carbons (Fsp3) is 0.316. The van der Waals surface area contributed by atoms with Gasteiger partial charge in [0.2, 0.25) is 5.95 Å². The zero-order valence-electron chi connectivity index (χ0n) is 14.7. The number of halogens is 3. The number of hydrogen-bond donors (Lipinski definition) is 3. The summed E-state index contributed by atoms with van der Waals surface area (Å²) in [6.07, 6.45) is 0.297. The maximum absolute atomic E-state index is 13.6. The highest BCUT2D eigenvalue weighted by Gasteiger charge is 2.36. The van der Waals surface area contributed by atoms with Gasteiger partial charge >= 0.3 is 6.18 Å². The number of aromatic nitrogens is 3. The summed E-state index contributed by atoms with van der Waals surface area (Å²) in [6, 6.07) is 6.63. The van der Waals surface area contributed by atoms with Crippen molar-refractivity contribution in [3.8, 4) is 17.3 Å². The van der Waals surface area contributed by atoms with Gasteiger partial charge in [0.15, 0.2) is 0 Å². The molecule has 0 aliphatic heterocycles. The third-order valence-electron chi connectivity index (χ3n) is 5.04. The van der Waals surface area contributed by atoms with E-state index in [1.807, 2.05) is 6.07 Å². The topological polar surface area (TPSA) is 103 Å². The van der Waals surface area contributed by atoms with Gasteiger partial charge in [-0.25, -0.2) is 9.97 Å². The first kappa shape index (κ1) is 18.3. The summed E-state index contributed by atoms with van der Waals surface area (Å²) in [5.41, 5.74) is 6.17. The molecule has 1 saturated carbocycles. The Morgan fingerprint density at radius 3 is 2.79 bits per heavy atom. The molecule has 1 aliphatic carbocycles. The number of aromatic amines is 1. The van der Waals surface area contributed by atoms with E-state index in [1.165, 1.54) is 6.20 Å². The van der Waals surface area contributed by atoms with Crippen LogP contribution in [0, 0.1) is 11.3 Å². The van der Waals surface area contributed by atoms with Crippen molar-refractivity contribution in [2.75, 3.05) is 5.32 Å². The molecular formula is C19H17F3N6. The van der Waals surface area contributed by atoms with E-state index in [2.05, 4.69) is 20.3 Å². The first-order valence-corrected chi connectivity index (χ1v) is 8.85. The third-order valence-corrected chi connectivity index (χ3v) is 5.04. The predicted molar refractivity (Wildman–Crippen MR) is 98.3 cm³/mol. The summed E-state index contributed by atoms with van der Waals surface area (Å²) in [6.45, 7) is 0. The Kier molecular flexibility index (Phi) is 4.43. The fourth-order valence-corrected chi connectivity index (χ4v) is 3.59. The van der Waals surface area contributed by atoms with Crippen molar-refractivity contribution in [3.05, 3.63) is 41.7 Å². The summed E-state index contributed by atoms with van der Waals surface area (Å²) in [4.78, 5) is 11.0. The van der Waals surface area contributed by atoms with Crippen LogP contribution in [0.3, 0.4) is 0 Å². The Hall–Kier alpha value is -3.12. The van der Waals surface area contributed by atoms with Gasteiger partial charge in [0.1, 0.15) is 5.56 Å². The Bertz CT molecular complexity index is 1070. The van der Waals surface area contributed by atoms with Gasteiger partial charge in [0, 0.05) is 40.9 Å². The monoisotopic (exact) mass is 386 g/mol. The van der Waals surface area contributed by atoms with Crippen molar-refractivity contribution < 1.29 is 13.2 Å². The SMILES string of the molecule is N#Cc1ccc2c(-c3nc(N[C@H]4CCC[C@@H]4N)ncc3C(F)(F)F)c[nH]c2c1. The van der Waals surface area contributed by atoms with Crippen LogP contribution in [0.5, 0.6) is 0 Å². The molecule has 4 N–H and O–H groups in total. The van der Waals surface area contributed by atoms with Crippen molar-refractivity contribution in [2.45, 2.75) is 37.5 Å². The number of rotatable bonds is 3. The van der Waals surface area contributed by atoms with Crippen molar-refractivity contribution in [3.63, 3.8) is 0 Å². The molecule has 28 heavy (non-hydrogen) atoms. The van der Waals surface area contributed by atoms with Gasteiger partial charge < -0.3 is 16.0 Å². The lowest BCUT2D eigenvalue weighted by atomic mass is 10.0. The van der Waals surface area contributed by atoms with Crippen LogP contribution in [0.15, 0.2) is 30.6 Å². The van der Waals surface area contributed by atoms with E-state index in [-0.39, 0.29) is 23.7 Å². The van der Waals surface area contributed by atoms with Crippen LogP contribution in [-0.2, 0) is 6.18 Å². The number of alkyl halides is 3. The molecule has 0 spiro atoms. The molecule has 1 fully saturated rings. The first-order valence-electron chi connectivity index (χ1n) is 8.85. The minimum Gasteiger partial charge on any atom is -0.360 e. The number of fused-ring (bicyclic) bond motifs is 1. The smallest absolute Gasteiger partial charge is 0.360 e. The second kappa shape index (κ2) is 6.80. The molecule has 2 heterocycles. The number of nitrogens with zero attached hydrogens (tertiary/aromatic N) is 3. The molecular weight excluding hydrogens is 369 g/mol. The van der Waals surface area contributed by atoms with Crippen molar-refractivity contribution in [1.82, 2.24) is 15.0 Å². The van der Waals surface area contributed by atoms with Crippen LogP contribution < -0.4 is 11.1 Å². The lowest BCUT2D eigenvalue weighted by molar-refractivity contribution is -0.137. The second-order valence-corrected chi connectivity index (χ2v) is 6.87. The normalized spacial score (nSPS) is 19.7. The molecule has 0 amide bonds. The minimum absolute atomic E-state index is 0.0641. The highest BCUT2D eigenvalue weighted by atomic mass is 19.4. The fourth-order valence-electron chi connectivity index (χ4n) is 3.59. The van der Waals surface area contributed by atoms with Gasteiger partial charge in [-0.15, -0.1) is 0 Å². The number of nitrogens with two attached hydrogens (primary N) is 1. The molecule has 1 aliphatic rings. The molecule has 0 radical (unpaired) electrons. The minimum atomic E-state index is -4.60. The van der Waals surface area contributed by atoms with Crippen LogP contribution in [0.1, 0.15) is 30.4 Å². The van der Waals surface area contributed by atoms with Crippen LogP contribution >= 0.6 is 0 Å². The molecule has 0 bridgehead atoms. The van der Waals surface area contributed by atoms with Gasteiger partial charge in [-0.2, -0.15) is 18.4 Å². The Morgan fingerprint density at radius 2 is 2.11 bits per heavy atom. The van der Waals surface area contributed by atoms with E-state index in [1.54, 1.807) is 18.2 Å². The Morgan fingerprint density at radius 1 is 1.29 bits per heavy atom. The lowest BCUT2D eigenvalue weighted by Crippen LogP contribution is -2.35. The number of H-pyrrole nitrogens is 1. The molecule has 0 unspecified atom stereocenters. The molecule has 2 atom stereocenters. The van der Waals surface area contributed by atoms with E-state index < -0.39 is 11.7 Å². The average Bonchev–Trinajstić information content (AvgIpc) is 3.26. The van der Waals surface area contributed by atoms with Gasteiger partial charge in [-0.05, 0) is 31.4 Å². The predicted octanol–water partition coefficient (Wildman–Crippen LogP) is 3.81. The molecule has 3 aromatic rings. The summed E-state index contributed by atoms with van der Waals surface area (Å²) in [5.74, 6) is 0.119. The molecule has 1 aromatic carbocycles. The molecule has 6 nitrogen and oxygen atoms in total. The van der Waals surface area contributed by atoms with Crippen LogP contribution in [0.2, 0.25) is 0 Å². The first-order chi connectivity index (χ1) is 13.4. The lowest BCUT2D eigenvalue weighted by Gasteiger charge is -2.18. The highest BCUT2D eigenvalue weighted by Crippen LogP contribution is 2.39.